The van der Waals surface area contributed by atoms with Crippen molar-refractivity contribution in [3.05, 3.63) is 70.0 Å². The van der Waals surface area contributed by atoms with E-state index in [9.17, 15) is 14.4 Å². The Morgan fingerprint density at radius 1 is 1.00 bits per heavy atom. The van der Waals surface area contributed by atoms with Crippen LogP contribution in [0.1, 0.15) is 15.9 Å². The van der Waals surface area contributed by atoms with Gasteiger partial charge in [0.05, 0.1) is 19.8 Å². The summed E-state index contributed by atoms with van der Waals surface area (Å²) in [4.78, 5) is 40.8. The Labute approximate surface area is 173 Å². The molecule has 2 aromatic carbocycles. The Bertz CT molecular complexity index is 1140. The third-order valence-corrected chi connectivity index (χ3v) is 4.59. The van der Waals surface area contributed by atoms with E-state index in [2.05, 4.69) is 4.98 Å². The molecule has 0 atom stereocenters. The number of rotatable bonds is 7. The van der Waals surface area contributed by atoms with Gasteiger partial charge in [0.25, 0.3) is 5.91 Å². The molecule has 0 radical (unpaired) electrons. The second-order valence-electron chi connectivity index (χ2n) is 6.61. The van der Waals surface area contributed by atoms with E-state index < -0.39 is 18.1 Å². The van der Waals surface area contributed by atoms with E-state index >= 15 is 0 Å². The number of hydrogen-bond acceptors (Lipinski definition) is 6. The highest BCUT2D eigenvalue weighted by atomic mass is 16.5. The SMILES string of the molecule is COc1ccc(CN(C)C(=O)COC(=O)c2cc(=O)[nH]c3ccccc23)cc1OC. The van der Waals surface area contributed by atoms with E-state index in [1.807, 2.05) is 6.07 Å². The van der Waals surface area contributed by atoms with E-state index in [1.165, 1.54) is 18.1 Å². The molecule has 0 aliphatic rings. The molecule has 0 aliphatic heterocycles. The minimum Gasteiger partial charge on any atom is -0.493 e. The predicted molar refractivity (Wildman–Crippen MR) is 111 cm³/mol. The third-order valence-electron chi connectivity index (χ3n) is 4.59. The predicted octanol–water partition coefficient (Wildman–Crippen LogP) is 2.36. The summed E-state index contributed by atoms with van der Waals surface area (Å²) in [6.07, 6.45) is 0. The van der Waals surface area contributed by atoms with Gasteiger partial charge in [-0.25, -0.2) is 4.79 Å². The van der Waals surface area contributed by atoms with Gasteiger partial charge < -0.3 is 24.1 Å². The van der Waals surface area contributed by atoms with E-state index in [-0.39, 0.29) is 11.5 Å². The largest absolute Gasteiger partial charge is 0.493 e. The number of aromatic nitrogens is 1. The van der Waals surface area contributed by atoms with Crippen LogP contribution in [0.25, 0.3) is 10.9 Å². The lowest BCUT2D eigenvalue weighted by atomic mass is 10.1. The van der Waals surface area contributed by atoms with Crippen LogP contribution in [0.15, 0.2) is 53.3 Å². The number of H-pyrrole nitrogens is 1. The standard InChI is InChI=1S/C22H22N2O6/c1-24(12-14-8-9-18(28-2)19(10-14)29-3)21(26)13-30-22(27)16-11-20(25)23-17-7-5-4-6-15(16)17/h4-11H,12-13H2,1-3H3,(H,23,25). The van der Waals surface area contributed by atoms with E-state index in [1.54, 1.807) is 50.6 Å². The third kappa shape index (κ3) is 4.60. The molecule has 156 valence electrons. The number of carbonyl (C=O) groups excluding carboxylic acids is 2. The zero-order chi connectivity index (χ0) is 21.7. The number of nitrogens with zero attached hydrogens (tertiary/aromatic N) is 1. The molecule has 8 heteroatoms. The minimum absolute atomic E-state index is 0.115. The van der Waals surface area contributed by atoms with E-state index in [0.717, 1.165) is 5.56 Å². The summed E-state index contributed by atoms with van der Waals surface area (Å²) in [7, 11) is 4.69. The fraction of sp³-hybridized carbons (Fsp3) is 0.227. The van der Waals surface area contributed by atoms with Crippen LogP contribution in [-0.4, -0.2) is 49.6 Å². The number of aromatic amines is 1. The molecule has 1 amide bonds. The lowest BCUT2D eigenvalue weighted by molar-refractivity contribution is -0.133. The van der Waals surface area contributed by atoms with E-state index in [0.29, 0.717) is 28.9 Å². The molecular weight excluding hydrogens is 388 g/mol. The van der Waals surface area contributed by atoms with Gasteiger partial charge in [0.2, 0.25) is 5.56 Å². The Morgan fingerprint density at radius 2 is 1.73 bits per heavy atom. The van der Waals surface area contributed by atoms with Gasteiger partial charge in [0.15, 0.2) is 18.1 Å². The van der Waals surface area contributed by atoms with Crippen molar-refractivity contribution in [1.82, 2.24) is 9.88 Å². The molecule has 0 fully saturated rings. The Balaban J connectivity index is 1.66. The molecular formula is C22H22N2O6. The monoisotopic (exact) mass is 410 g/mol. The fourth-order valence-electron chi connectivity index (χ4n) is 3.03. The van der Waals surface area contributed by atoms with Crippen LogP contribution < -0.4 is 15.0 Å². The number of nitrogens with one attached hydrogen (secondary N) is 1. The highest BCUT2D eigenvalue weighted by Crippen LogP contribution is 2.28. The van der Waals surface area contributed by atoms with Crippen molar-refractivity contribution in [2.24, 2.45) is 0 Å². The maximum absolute atomic E-state index is 12.5. The number of hydrogen-bond donors (Lipinski definition) is 1. The van der Waals surface area contributed by atoms with Crippen LogP contribution in [0.4, 0.5) is 0 Å². The molecule has 3 rings (SSSR count). The van der Waals surface area contributed by atoms with Gasteiger partial charge in [0, 0.05) is 30.6 Å². The highest BCUT2D eigenvalue weighted by molar-refractivity contribution is 6.03. The summed E-state index contributed by atoms with van der Waals surface area (Å²) in [6, 6.07) is 13.4. The van der Waals surface area contributed by atoms with Crippen LogP contribution in [-0.2, 0) is 16.1 Å². The summed E-state index contributed by atoms with van der Waals surface area (Å²) in [6.45, 7) is -0.144. The zero-order valence-corrected chi connectivity index (χ0v) is 16.9. The average Bonchev–Trinajstić information content (AvgIpc) is 2.76. The molecule has 0 spiro atoms. The lowest BCUT2D eigenvalue weighted by Crippen LogP contribution is -2.31. The number of pyridine rings is 1. The van der Waals surface area contributed by atoms with Gasteiger partial charge in [0.1, 0.15) is 0 Å². The highest BCUT2D eigenvalue weighted by Gasteiger charge is 2.17. The maximum atomic E-state index is 12.5. The molecule has 1 heterocycles. The van der Waals surface area contributed by atoms with Gasteiger partial charge in [-0.1, -0.05) is 24.3 Å². The minimum atomic E-state index is -0.731. The summed E-state index contributed by atoms with van der Waals surface area (Å²) < 4.78 is 15.6. The number of benzene rings is 2. The molecule has 30 heavy (non-hydrogen) atoms. The number of amides is 1. The molecule has 0 saturated heterocycles. The fourth-order valence-corrected chi connectivity index (χ4v) is 3.03. The molecule has 0 aliphatic carbocycles. The maximum Gasteiger partial charge on any atom is 0.339 e. The molecule has 1 aromatic heterocycles. The van der Waals surface area contributed by atoms with Crippen molar-refractivity contribution in [2.75, 3.05) is 27.9 Å². The quantitative estimate of drug-likeness (QED) is 0.601. The van der Waals surface area contributed by atoms with Crippen molar-refractivity contribution in [3.8, 4) is 11.5 Å². The summed E-state index contributed by atoms with van der Waals surface area (Å²) >= 11 is 0. The molecule has 8 nitrogen and oxygen atoms in total. The van der Waals surface area contributed by atoms with Gasteiger partial charge in [-0.05, 0) is 23.8 Å². The average molecular weight is 410 g/mol. The van der Waals surface area contributed by atoms with Crippen LogP contribution in [0.3, 0.4) is 0 Å². The molecule has 0 saturated carbocycles. The van der Waals surface area contributed by atoms with Crippen molar-refractivity contribution >= 4 is 22.8 Å². The van der Waals surface area contributed by atoms with Gasteiger partial charge in [-0.15, -0.1) is 0 Å². The second kappa shape index (κ2) is 9.13. The zero-order valence-electron chi connectivity index (χ0n) is 16.9. The topological polar surface area (TPSA) is 97.9 Å². The number of methoxy groups -OCH3 is 2. The Hall–Kier alpha value is -3.81. The van der Waals surface area contributed by atoms with Crippen molar-refractivity contribution < 1.29 is 23.8 Å². The molecule has 3 aromatic rings. The Kier molecular flexibility index (Phi) is 6.36. The Morgan fingerprint density at radius 3 is 2.47 bits per heavy atom. The number of fused-ring (bicyclic) bond motifs is 1. The summed E-state index contributed by atoms with van der Waals surface area (Å²) in [5.41, 5.74) is 1.05. The molecule has 1 N–H and O–H groups in total. The first-order valence-corrected chi connectivity index (χ1v) is 9.17. The van der Waals surface area contributed by atoms with Gasteiger partial charge in [-0.2, -0.15) is 0 Å². The van der Waals surface area contributed by atoms with Gasteiger partial charge in [-0.3, -0.25) is 9.59 Å². The first-order valence-electron chi connectivity index (χ1n) is 9.17. The lowest BCUT2D eigenvalue weighted by Gasteiger charge is -2.18. The van der Waals surface area contributed by atoms with Crippen molar-refractivity contribution in [1.29, 1.82) is 0 Å². The van der Waals surface area contributed by atoms with Crippen molar-refractivity contribution in [2.45, 2.75) is 6.54 Å². The van der Waals surface area contributed by atoms with E-state index in [4.69, 9.17) is 14.2 Å². The van der Waals surface area contributed by atoms with Crippen LogP contribution in [0, 0.1) is 0 Å². The van der Waals surface area contributed by atoms with Crippen LogP contribution in [0.2, 0.25) is 0 Å². The second-order valence-corrected chi connectivity index (χ2v) is 6.61. The molecule has 0 unspecified atom stereocenters. The first-order chi connectivity index (χ1) is 14.4. The number of esters is 1. The summed E-state index contributed by atoms with van der Waals surface area (Å²) in [5.74, 6) is 0.0372. The number of likely N-dealkylation sites (N-methyl/N-ethyl adjacent to an activating group) is 1. The van der Waals surface area contributed by atoms with Gasteiger partial charge >= 0.3 is 5.97 Å². The number of carbonyl (C=O) groups is 2. The number of para-hydroxylation sites is 1. The smallest absolute Gasteiger partial charge is 0.339 e. The van der Waals surface area contributed by atoms with Crippen molar-refractivity contribution in [3.63, 3.8) is 0 Å². The van der Waals surface area contributed by atoms with Crippen LogP contribution in [0.5, 0.6) is 11.5 Å². The molecule has 0 bridgehead atoms. The normalized spacial score (nSPS) is 10.5. The van der Waals surface area contributed by atoms with Crippen LogP contribution >= 0.6 is 0 Å². The number of ether oxygens (including phenoxy) is 3. The summed E-state index contributed by atoms with van der Waals surface area (Å²) in [5, 5.41) is 0.549. The first kappa shape index (κ1) is 20.9.